The zero-order valence-corrected chi connectivity index (χ0v) is 12.6. The third-order valence-corrected chi connectivity index (χ3v) is 3.68. The summed E-state index contributed by atoms with van der Waals surface area (Å²) in [7, 11) is 0. The van der Waals surface area contributed by atoms with Crippen molar-refractivity contribution in [1.82, 2.24) is 4.90 Å². The summed E-state index contributed by atoms with van der Waals surface area (Å²) in [6.07, 6.45) is 2.16. The Morgan fingerprint density at radius 3 is 3.00 bits per heavy atom. The molecule has 2 N–H and O–H groups in total. The van der Waals surface area contributed by atoms with Crippen LogP contribution >= 0.6 is 0 Å². The number of rotatable bonds is 6. The van der Waals surface area contributed by atoms with E-state index in [2.05, 4.69) is 0 Å². The van der Waals surface area contributed by atoms with Crippen LogP contribution in [0.5, 0.6) is 5.75 Å². The van der Waals surface area contributed by atoms with E-state index in [9.17, 15) is 4.79 Å². The predicted molar refractivity (Wildman–Crippen MR) is 81.1 cm³/mol. The highest BCUT2D eigenvalue weighted by molar-refractivity contribution is 5.78. The summed E-state index contributed by atoms with van der Waals surface area (Å²) in [5.74, 6) is 0.693. The Morgan fingerprint density at radius 2 is 2.24 bits per heavy atom. The number of benzene rings is 1. The molecule has 0 bridgehead atoms. The Kier molecular flexibility index (Phi) is 6.02. The maximum atomic E-state index is 12.2. The van der Waals surface area contributed by atoms with Gasteiger partial charge in [0.25, 0.3) is 5.91 Å². The first-order valence-corrected chi connectivity index (χ1v) is 7.54. The van der Waals surface area contributed by atoms with Crippen molar-refractivity contribution in [1.29, 1.82) is 0 Å². The zero-order chi connectivity index (χ0) is 15.1. The van der Waals surface area contributed by atoms with Gasteiger partial charge in [-0.1, -0.05) is 18.2 Å². The number of nitrogens with zero attached hydrogens (tertiary/aromatic N) is 1. The lowest BCUT2D eigenvalue weighted by atomic mass is 10.1. The number of para-hydroxylation sites is 1. The van der Waals surface area contributed by atoms with Crippen molar-refractivity contribution in [3.63, 3.8) is 0 Å². The van der Waals surface area contributed by atoms with E-state index in [1.54, 1.807) is 0 Å². The fourth-order valence-corrected chi connectivity index (χ4v) is 2.58. The monoisotopic (exact) mass is 292 g/mol. The molecule has 1 aromatic carbocycles. The third kappa shape index (κ3) is 4.44. The molecule has 2 rings (SSSR count). The molecule has 21 heavy (non-hydrogen) atoms. The summed E-state index contributed by atoms with van der Waals surface area (Å²) >= 11 is 0. The van der Waals surface area contributed by atoms with Crippen LogP contribution in [0.2, 0.25) is 0 Å². The molecule has 1 saturated heterocycles. The summed E-state index contributed by atoms with van der Waals surface area (Å²) < 4.78 is 11.2. The minimum absolute atomic E-state index is 0.00577. The highest BCUT2D eigenvalue weighted by Crippen LogP contribution is 2.18. The number of ether oxygens (including phenoxy) is 2. The first-order chi connectivity index (χ1) is 10.2. The molecule has 0 saturated carbocycles. The maximum absolute atomic E-state index is 12.2. The average Bonchev–Trinajstić information content (AvgIpc) is 2.53. The van der Waals surface area contributed by atoms with E-state index in [4.69, 9.17) is 15.2 Å². The first-order valence-electron chi connectivity index (χ1n) is 7.54. The molecule has 1 aliphatic heterocycles. The van der Waals surface area contributed by atoms with Crippen LogP contribution in [0.25, 0.3) is 0 Å². The number of hydrogen-bond donors (Lipinski definition) is 1. The lowest BCUT2D eigenvalue weighted by Gasteiger charge is -2.32. The van der Waals surface area contributed by atoms with E-state index in [0.717, 1.165) is 24.9 Å². The zero-order valence-electron chi connectivity index (χ0n) is 12.6. The normalized spacial score (nSPS) is 18.6. The van der Waals surface area contributed by atoms with Crippen LogP contribution in [0, 0.1) is 0 Å². The fourth-order valence-electron chi connectivity index (χ4n) is 2.58. The molecule has 1 amide bonds. The molecule has 5 heteroatoms. The fraction of sp³-hybridized carbons (Fsp3) is 0.562. The van der Waals surface area contributed by atoms with E-state index >= 15 is 0 Å². The van der Waals surface area contributed by atoms with E-state index in [-0.39, 0.29) is 18.6 Å². The average molecular weight is 292 g/mol. The van der Waals surface area contributed by atoms with Crippen LogP contribution in [-0.2, 0) is 16.1 Å². The largest absolute Gasteiger partial charge is 0.483 e. The van der Waals surface area contributed by atoms with Crippen LogP contribution < -0.4 is 10.5 Å². The van der Waals surface area contributed by atoms with Crippen LogP contribution in [-0.4, -0.2) is 43.2 Å². The highest BCUT2D eigenvalue weighted by atomic mass is 16.5. The van der Waals surface area contributed by atoms with Gasteiger partial charge in [0.15, 0.2) is 6.61 Å². The second-order valence-corrected chi connectivity index (χ2v) is 5.16. The predicted octanol–water partition coefficient (Wildman–Crippen LogP) is 1.55. The minimum Gasteiger partial charge on any atom is -0.483 e. The van der Waals surface area contributed by atoms with E-state index in [1.807, 2.05) is 36.1 Å². The summed E-state index contributed by atoms with van der Waals surface area (Å²) in [6.45, 7) is 4.57. The SMILES string of the molecule is CCOC1CCCN(C(=O)COc2ccccc2CN)C1. The van der Waals surface area contributed by atoms with Gasteiger partial charge < -0.3 is 20.1 Å². The van der Waals surface area contributed by atoms with Gasteiger partial charge in [0.2, 0.25) is 0 Å². The van der Waals surface area contributed by atoms with Crippen molar-refractivity contribution in [3.8, 4) is 5.75 Å². The molecule has 1 aromatic rings. The lowest BCUT2D eigenvalue weighted by Crippen LogP contribution is -2.45. The van der Waals surface area contributed by atoms with E-state index in [1.165, 1.54) is 0 Å². The number of likely N-dealkylation sites (tertiary alicyclic amines) is 1. The summed E-state index contributed by atoms with van der Waals surface area (Å²) in [5, 5.41) is 0. The molecule has 0 aliphatic carbocycles. The molecule has 0 radical (unpaired) electrons. The number of amides is 1. The van der Waals surface area contributed by atoms with Crippen molar-refractivity contribution >= 4 is 5.91 Å². The van der Waals surface area contributed by atoms with E-state index in [0.29, 0.717) is 25.4 Å². The van der Waals surface area contributed by atoms with Gasteiger partial charge >= 0.3 is 0 Å². The lowest BCUT2D eigenvalue weighted by molar-refractivity contribution is -0.137. The van der Waals surface area contributed by atoms with Gasteiger partial charge in [-0.2, -0.15) is 0 Å². The number of nitrogens with two attached hydrogens (primary N) is 1. The molecule has 5 nitrogen and oxygen atoms in total. The molecule has 1 fully saturated rings. The van der Waals surface area contributed by atoms with Gasteiger partial charge in [0.1, 0.15) is 5.75 Å². The number of carbonyl (C=O) groups excluding carboxylic acids is 1. The Hall–Kier alpha value is -1.59. The smallest absolute Gasteiger partial charge is 0.260 e. The molecular weight excluding hydrogens is 268 g/mol. The summed E-state index contributed by atoms with van der Waals surface area (Å²) in [4.78, 5) is 14.1. The first kappa shape index (κ1) is 15.8. The van der Waals surface area contributed by atoms with Crippen molar-refractivity contribution in [2.75, 3.05) is 26.3 Å². The second kappa shape index (κ2) is 8.00. The molecule has 1 aliphatic rings. The Balaban J connectivity index is 1.86. The molecule has 1 heterocycles. The molecule has 116 valence electrons. The highest BCUT2D eigenvalue weighted by Gasteiger charge is 2.24. The van der Waals surface area contributed by atoms with Crippen molar-refractivity contribution < 1.29 is 14.3 Å². The van der Waals surface area contributed by atoms with E-state index < -0.39 is 0 Å². The van der Waals surface area contributed by atoms with Crippen molar-refractivity contribution in [3.05, 3.63) is 29.8 Å². The third-order valence-electron chi connectivity index (χ3n) is 3.68. The molecule has 0 spiro atoms. The molecule has 0 aromatic heterocycles. The van der Waals surface area contributed by atoms with Crippen molar-refractivity contribution in [2.45, 2.75) is 32.4 Å². The van der Waals surface area contributed by atoms with Crippen molar-refractivity contribution in [2.24, 2.45) is 5.73 Å². The van der Waals surface area contributed by atoms with Gasteiger partial charge in [-0.15, -0.1) is 0 Å². The molecular formula is C16H24N2O3. The van der Waals surface area contributed by atoms with Crippen LogP contribution in [0.1, 0.15) is 25.3 Å². The van der Waals surface area contributed by atoms with Crippen LogP contribution in [0.15, 0.2) is 24.3 Å². The number of hydrogen-bond acceptors (Lipinski definition) is 4. The second-order valence-electron chi connectivity index (χ2n) is 5.16. The summed E-state index contributed by atoms with van der Waals surface area (Å²) in [5.41, 5.74) is 6.57. The standard InChI is InChI=1S/C16H24N2O3/c1-2-20-14-7-5-9-18(11-14)16(19)12-21-15-8-4-3-6-13(15)10-17/h3-4,6,8,14H,2,5,7,9-12,17H2,1H3. The quantitative estimate of drug-likeness (QED) is 0.864. The summed E-state index contributed by atoms with van der Waals surface area (Å²) in [6, 6.07) is 7.54. The van der Waals surface area contributed by atoms with Gasteiger partial charge in [-0.25, -0.2) is 0 Å². The maximum Gasteiger partial charge on any atom is 0.260 e. The number of carbonyl (C=O) groups is 1. The van der Waals surface area contributed by atoms with Gasteiger partial charge in [-0.05, 0) is 25.8 Å². The van der Waals surface area contributed by atoms with Gasteiger partial charge in [-0.3, -0.25) is 4.79 Å². The Labute approximate surface area is 126 Å². The Morgan fingerprint density at radius 1 is 1.43 bits per heavy atom. The van der Waals surface area contributed by atoms with Gasteiger partial charge in [0, 0.05) is 31.8 Å². The minimum atomic E-state index is 0.00577. The Bertz CT molecular complexity index is 463. The number of piperidine rings is 1. The topological polar surface area (TPSA) is 64.8 Å². The molecule has 1 unspecified atom stereocenters. The van der Waals surface area contributed by atoms with Crippen LogP contribution in [0.4, 0.5) is 0 Å². The van der Waals surface area contributed by atoms with Crippen LogP contribution in [0.3, 0.4) is 0 Å². The van der Waals surface area contributed by atoms with Gasteiger partial charge in [0.05, 0.1) is 6.10 Å². The molecule has 1 atom stereocenters.